The Labute approximate surface area is 48.5 Å². The summed E-state index contributed by atoms with van der Waals surface area (Å²) >= 11 is 0. The standard InChI is InChI=1S/C3H7N.C2H4O2/c4-3-1-2-3;1-2(3)4/h3H,1-2,4H2;1H3,(H,3,4). The summed E-state index contributed by atoms with van der Waals surface area (Å²) in [7, 11) is 0. The van der Waals surface area contributed by atoms with E-state index in [1.54, 1.807) is 0 Å². The van der Waals surface area contributed by atoms with E-state index >= 15 is 0 Å². The van der Waals surface area contributed by atoms with Crippen LogP contribution in [-0.2, 0) is 4.79 Å². The van der Waals surface area contributed by atoms with Gasteiger partial charge < -0.3 is 10.8 Å². The predicted molar refractivity (Wildman–Crippen MR) is 30.5 cm³/mol. The van der Waals surface area contributed by atoms with Crippen molar-refractivity contribution in [3.63, 3.8) is 0 Å². The highest BCUT2D eigenvalue weighted by Gasteiger charge is 2.13. The van der Waals surface area contributed by atoms with E-state index in [2.05, 4.69) is 0 Å². The highest BCUT2D eigenvalue weighted by Crippen LogP contribution is 2.13. The maximum Gasteiger partial charge on any atom is 0.300 e. The molecule has 3 heteroatoms. The third-order valence-electron chi connectivity index (χ3n) is 0.622. The van der Waals surface area contributed by atoms with Crippen LogP contribution >= 0.6 is 0 Å². The van der Waals surface area contributed by atoms with Gasteiger partial charge >= 0.3 is 0 Å². The van der Waals surface area contributed by atoms with Gasteiger partial charge in [0.2, 0.25) is 0 Å². The lowest BCUT2D eigenvalue weighted by atomic mass is 10.8. The molecule has 3 N–H and O–H groups in total. The van der Waals surface area contributed by atoms with Crippen molar-refractivity contribution >= 4 is 5.97 Å². The van der Waals surface area contributed by atoms with Gasteiger partial charge in [0.05, 0.1) is 0 Å². The van der Waals surface area contributed by atoms with Crippen LogP contribution < -0.4 is 5.73 Å². The van der Waals surface area contributed by atoms with Crippen LogP contribution in [0.5, 0.6) is 0 Å². The van der Waals surface area contributed by atoms with Gasteiger partial charge in [-0.25, -0.2) is 0 Å². The zero-order valence-electron chi connectivity index (χ0n) is 4.92. The van der Waals surface area contributed by atoms with Crippen molar-refractivity contribution in [2.75, 3.05) is 0 Å². The Morgan fingerprint density at radius 1 is 1.75 bits per heavy atom. The molecule has 1 fully saturated rings. The molecule has 0 aromatic carbocycles. The molecule has 0 saturated heterocycles. The first-order chi connectivity index (χ1) is 3.63. The topological polar surface area (TPSA) is 63.3 Å². The van der Waals surface area contributed by atoms with Crippen molar-refractivity contribution in [3.05, 3.63) is 0 Å². The smallest absolute Gasteiger partial charge is 0.300 e. The lowest BCUT2D eigenvalue weighted by Gasteiger charge is -1.59. The summed E-state index contributed by atoms with van der Waals surface area (Å²) in [4.78, 5) is 9.00. The average molecular weight is 117 g/mol. The Morgan fingerprint density at radius 3 is 1.88 bits per heavy atom. The summed E-state index contributed by atoms with van der Waals surface area (Å²) in [6.45, 7) is 1.08. The number of carboxylic acids is 1. The molecular weight excluding hydrogens is 106 g/mol. The second kappa shape index (κ2) is 3.43. The van der Waals surface area contributed by atoms with Gasteiger partial charge in [-0.3, -0.25) is 4.79 Å². The number of carboxylic acid groups (broad SMARTS) is 1. The normalized spacial score (nSPS) is 16.2. The largest absolute Gasteiger partial charge is 0.481 e. The van der Waals surface area contributed by atoms with Gasteiger partial charge in [-0.2, -0.15) is 0 Å². The van der Waals surface area contributed by atoms with E-state index in [0.717, 1.165) is 6.92 Å². The van der Waals surface area contributed by atoms with E-state index in [9.17, 15) is 0 Å². The molecule has 0 aliphatic heterocycles. The van der Waals surface area contributed by atoms with Gasteiger partial charge in [0.25, 0.3) is 5.97 Å². The maximum absolute atomic E-state index is 9.00. The van der Waals surface area contributed by atoms with Crippen molar-refractivity contribution in [1.82, 2.24) is 0 Å². The number of aliphatic carboxylic acids is 1. The van der Waals surface area contributed by atoms with E-state index in [0.29, 0.717) is 6.04 Å². The van der Waals surface area contributed by atoms with Crippen molar-refractivity contribution in [1.29, 1.82) is 0 Å². The lowest BCUT2D eigenvalue weighted by molar-refractivity contribution is -0.134. The van der Waals surface area contributed by atoms with E-state index in [1.165, 1.54) is 12.8 Å². The lowest BCUT2D eigenvalue weighted by Crippen LogP contribution is -1.94. The second-order valence-electron chi connectivity index (χ2n) is 1.86. The number of carbonyl (C=O) groups is 1. The number of rotatable bonds is 0. The van der Waals surface area contributed by atoms with Crippen LogP contribution in [0.4, 0.5) is 0 Å². The molecule has 1 aliphatic carbocycles. The Bertz CT molecular complexity index is 74.5. The Morgan fingerprint density at radius 2 is 1.88 bits per heavy atom. The van der Waals surface area contributed by atoms with Crippen LogP contribution in [0, 0.1) is 0 Å². The molecule has 3 nitrogen and oxygen atoms in total. The number of hydrogen-bond donors (Lipinski definition) is 2. The molecule has 0 radical (unpaired) electrons. The van der Waals surface area contributed by atoms with Crippen LogP contribution in [-0.4, -0.2) is 17.1 Å². The first kappa shape index (κ1) is 7.43. The fraction of sp³-hybridized carbons (Fsp3) is 0.800. The second-order valence-corrected chi connectivity index (χ2v) is 1.86. The molecule has 1 rings (SSSR count). The first-order valence-corrected chi connectivity index (χ1v) is 2.58. The molecule has 8 heavy (non-hydrogen) atoms. The van der Waals surface area contributed by atoms with E-state index in [4.69, 9.17) is 15.6 Å². The Hall–Kier alpha value is -0.570. The third-order valence-corrected chi connectivity index (χ3v) is 0.622. The molecule has 0 aromatic rings. The van der Waals surface area contributed by atoms with E-state index in [-0.39, 0.29) is 0 Å². The molecule has 0 spiro atoms. The molecule has 0 bridgehead atoms. The summed E-state index contributed by atoms with van der Waals surface area (Å²) in [6.07, 6.45) is 2.53. The molecule has 0 unspecified atom stereocenters. The third kappa shape index (κ3) is 18.0. The van der Waals surface area contributed by atoms with Gasteiger partial charge in [0.15, 0.2) is 0 Å². The Balaban J connectivity index is 0.000000122. The summed E-state index contributed by atoms with van der Waals surface area (Å²) in [5.41, 5.74) is 5.22. The highest BCUT2D eigenvalue weighted by molar-refractivity contribution is 5.62. The zero-order chi connectivity index (χ0) is 6.57. The quantitative estimate of drug-likeness (QED) is 0.476. The number of nitrogens with two attached hydrogens (primary N) is 1. The Kier molecular flexibility index (Phi) is 3.19. The van der Waals surface area contributed by atoms with E-state index in [1.807, 2.05) is 0 Å². The molecule has 0 atom stereocenters. The van der Waals surface area contributed by atoms with Crippen LogP contribution in [0.2, 0.25) is 0 Å². The molecule has 48 valence electrons. The summed E-state index contributed by atoms with van der Waals surface area (Å²) < 4.78 is 0. The molecule has 1 aliphatic rings. The van der Waals surface area contributed by atoms with Crippen molar-refractivity contribution in [2.45, 2.75) is 25.8 Å². The highest BCUT2D eigenvalue weighted by atomic mass is 16.4. The summed E-state index contributed by atoms with van der Waals surface area (Å²) in [5.74, 6) is -0.833. The number of hydrogen-bond acceptors (Lipinski definition) is 2. The van der Waals surface area contributed by atoms with Crippen LogP contribution in [0.25, 0.3) is 0 Å². The minimum absolute atomic E-state index is 0.583. The van der Waals surface area contributed by atoms with Crippen LogP contribution in [0.1, 0.15) is 19.8 Å². The van der Waals surface area contributed by atoms with Gasteiger partial charge in [0, 0.05) is 13.0 Å². The fourth-order valence-corrected chi connectivity index (χ4v) is 0.0962. The maximum atomic E-state index is 9.00. The van der Waals surface area contributed by atoms with Gasteiger partial charge in [-0.1, -0.05) is 0 Å². The van der Waals surface area contributed by atoms with Gasteiger partial charge in [-0.15, -0.1) is 0 Å². The molecule has 0 heterocycles. The summed E-state index contributed by atoms with van der Waals surface area (Å²) in [6, 6.07) is 0.583. The summed E-state index contributed by atoms with van der Waals surface area (Å²) in [5, 5.41) is 7.42. The molecule has 0 amide bonds. The average Bonchev–Trinajstić information content (AvgIpc) is 2.19. The van der Waals surface area contributed by atoms with Crippen molar-refractivity contribution in [2.24, 2.45) is 5.73 Å². The fourth-order valence-electron chi connectivity index (χ4n) is 0.0962. The molecular formula is C5H11NO2. The minimum Gasteiger partial charge on any atom is -0.481 e. The molecule has 0 aromatic heterocycles. The van der Waals surface area contributed by atoms with Gasteiger partial charge in [-0.05, 0) is 12.8 Å². The zero-order valence-corrected chi connectivity index (χ0v) is 4.92. The van der Waals surface area contributed by atoms with Crippen molar-refractivity contribution in [3.8, 4) is 0 Å². The van der Waals surface area contributed by atoms with Crippen molar-refractivity contribution < 1.29 is 9.90 Å². The van der Waals surface area contributed by atoms with Crippen LogP contribution in [0.3, 0.4) is 0 Å². The first-order valence-electron chi connectivity index (χ1n) is 2.58. The van der Waals surface area contributed by atoms with E-state index < -0.39 is 5.97 Å². The minimum atomic E-state index is -0.833. The van der Waals surface area contributed by atoms with Crippen LogP contribution in [0.15, 0.2) is 0 Å². The monoisotopic (exact) mass is 117 g/mol. The SMILES string of the molecule is CC(=O)O.NC1CC1. The predicted octanol–water partition coefficient (Wildman–Crippen LogP) is 0.198. The molecule has 1 saturated carbocycles. The van der Waals surface area contributed by atoms with Gasteiger partial charge in [0.1, 0.15) is 0 Å².